The van der Waals surface area contributed by atoms with Crippen LogP contribution >= 0.6 is 11.3 Å². The number of nitrogens with zero attached hydrogens (tertiary/aromatic N) is 6. The van der Waals surface area contributed by atoms with E-state index in [0.717, 1.165) is 45.6 Å². The molecule has 0 atom stereocenters. The summed E-state index contributed by atoms with van der Waals surface area (Å²) < 4.78 is 4.21. The third-order valence-corrected chi connectivity index (χ3v) is 6.88. The molecule has 1 aliphatic heterocycles. The van der Waals surface area contributed by atoms with E-state index in [1.165, 1.54) is 24.9 Å². The second-order valence-electron chi connectivity index (χ2n) is 7.87. The fourth-order valence-electron chi connectivity index (χ4n) is 4.35. The van der Waals surface area contributed by atoms with Gasteiger partial charge in [0.1, 0.15) is 11.8 Å². The van der Waals surface area contributed by atoms with E-state index in [4.69, 9.17) is 0 Å². The highest BCUT2D eigenvalue weighted by atomic mass is 32.1. The van der Waals surface area contributed by atoms with Crippen LogP contribution in [0.1, 0.15) is 18.5 Å². The molecule has 0 bridgehead atoms. The number of hydrogen-bond acceptors (Lipinski definition) is 6. The number of piperazine rings is 1. The Balaban J connectivity index is 1.13. The molecule has 8 heteroatoms. The van der Waals surface area contributed by atoms with Crippen LogP contribution in [0, 0.1) is 11.3 Å². The van der Waals surface area contributed by atoms with Gasteiger partial charge in [-0.2, -0.15) is 5.26 Å². The van der Waals surface area contributed by atoms with E-state index in [1.807, 2.05) is 0 Å². The molecule has 5 rings (SSSR count). The van der Waals surface area contributed by atoms with E-state index in [0.29, 0.717) is 17.9 Å². The van der Waals surface area contributed by atoms with E-state index in [-0.39, 0.29) is 5.69 Å². The summed E-state index contributed by atoms with van der Waals surface area (Å²) in [5, 5.41) is 17.1. The molecule has 3 aromatic heterocycles. The van der Waals surface area contributed by atoms with Crippen LogP contribution in [0.4, 0.5) is 5.69 Å². The van der Waals surface area contributed by atoms with Crippen molar-refractivity contribution in [2.75, 3.05) is 37.6 Å². The number of rotatable bonds is 6. The van der Waals surface area contributed by atoms with Gasteiger partial charge in [-0.1, -0.05) is 12.1 Å². The third-order valence-electron chi connectivity index (χ3n) is 6.00. The molecule has 0 radical (unpaired) electrons. The van der Waals surface area contributed by atoms with Crippen molar-refractivity contribution >= 4 is 32.8 Å². The summed E-state index contributed by atoms with van der Waals surface area (Å²) in [4.78, 5) is 17.5. The first kappa shape index (κ1) is 19.8. The van der Waals surface area contributed by atoms with Crippen molar-refractivity contribution in [3.8, 4) is 6.07 Å². The molecule has 1 aliphatic rings. The normalized spacial score (nSPS) is 15.0. The van der Waals surface area contributed by atoms with Crippen molar-refractivity contribution in [2.24, 2.45) is 0 Å². The molecule has 1 aromatic carbocycles. The summed E-state index contributed by atoms with van der Waals surface area (Å²) in [7, 11) is 0. The summed E-state index contributed by atoms with van der Waals surface area (Å²) in [5.41, 5.74) is 1.97. The average Bonchev–Trinajstić information content (AvgIpc) is 3.41. The Labute approximate surface area is 184 Å². The standard InChI is InChI=1S/C23H24N6OS/c24-17-18-5-3-8-22-25-28(23(30)29(18)22)11-2-1-10-26-12-14-27(15-13-26)20-6-4-7-21-19(20)9-16-31-21/h3-9,16H,1-2,10-15H2. The summed E-state index contributed by atoms with van der Waals surface area (Å²) in [5.74, 6) is 0. The molecule has 7 nitrogen and oxygen atoms in total. The Morgan fingerprint density at radius 3 is 2.65 bits per heavy atom. The van der Waals surface area contributed by atoms with Gasteiger partial charge in [-0.15, -0.1) is 16.4 Å². The zero-order valence-corrected chi connectivity index (χ0v) is 18.1. The molecular weight excluding hydrogens is 408 g/mol. The highest BCUT2D eigenvalue weighted by molar-refractivity contribution is 7.17. The summed E-state index contributed by atoms with van der Waals surface area (Å²) in [6.07, 6.45) is 1.91. The van der Waals surface area contributed by atoms with Crippen molar-refractivity contribution in [1.29, 1.82) is 5.26 Å². The predicted molar refractivity (Wildman–Crippen MR) is 124 cm³/mol. The second-order valence-corrected chi connectivity index (χ2v) is 8.82. The maximum absolute atomic E-state index is 12.5. The lowest BCUT2D eigenvalue weighted by molar-refractivity contribution is 0.251. The summed E-state index contributed by atoms with van der Waals surface area (Å²) >= 11 is 1.80. The molecule has 0 unspecified atom stereocenters. The smallest absolute Gasteiger partial charge is 0.351 e. The minimum atomic E-state index is -0.233. The molecule has 1 saturated heterocycles. The molecule has 0 saturated carbocycles. The fourth-order valence-corrected chi connectivity index (χ4v) is 5.16. The van der Waals surface area contributed by atoms with Crippen molar-refractivity contribution in [2.45, 2.75) is 19.4 Å². The van der Waals surface area contributed by atoms with Gasteiger partial charge in [0.2, 0.25) is 0 Å². The van der Waals surface area contributed by atoms with Crippen molar-refractivity contribution in [3.05, 3.63) is 64.0 Å². The quantitative estimate of drug-likeness (QED) is 0.438. The number of anilines is 1. The lowest BCUT2D eigenvalue weighted by Gasteiger charge is -2.36. The zero-order chi connectivity index (χ0) is 21.2. The van der Waals surface area contributed by atoms with E-state index in [1.54, 1.807) is 29.5 Å². The van der Waals surface area contributed by atoms with Crippen LogP contribution in [-0.2, 0) is 6.54 Å². The highest BCUT2D eigenvalue weighted by Crippen LogP contribution is 2.31. The van der Waals surface area contributed by atoms with Crippen LogP contribution in [0.5, 0.6) is 0 Å². The van der Waals surface area contributed by atoms with Crippen LogP contribution in [0.3, 0.4) is 0 Å². The number of thiophene rings is 1. The van der Waals surface area contributed by atoms with E-state index >= 15 is 0 Å². The number of unbranched alkanes of at least 4 members (excludes halogenated alkanes) is 1. The lowest BCUT2D eigenvalue weighted by Crippen LogP contribution is -2.46. The minimum absolute atomic E-state index is 0.233. The first-order valence-electron chi connectivity index (χ1n) is 10.7. The highest BCUT2D eigenvalue weighted by Gasteiger charge is 2.18. The number of benzene rings is 1. The first-order valence-corrected chi connectivity index (χ1v) is 11.5. The SMILES string of the molecule is N#Cc1cccc2nn(CCCCN3CCN(c4cccc5sccc45)CC3)c(=O)n12. The van der Waals surface area contributed by atoms with Crippen molar-refractivity contribution < 1.29 is 0 Å². The van der Waals surface area contributed by atoms with Gasteiger partial charge in [-0.25, -0.2) is 13.9 Å². The number of aromatic nitrogens is 3. The molecule has 4 aromatic rings. The monoisotopic (exact) mass is 432 g/mol. The molecule has 0 N–H and O–H groups in total. The van der Waals surface area contributed by atoms with E-state index in [2.05, 4.69) is 50.6 Å². The number of hydrogen-bond donors (Lipinski definition) is 0. The minimum Gasteiger partial charge on any atom is -0.368 e. The van der Waals surface area contributed by atoms with Crippen molar-refractivity contribution in [1.82, 2.24) is 19.1 Å². The Morgan fingerprint density at radius 1 is 1.00 bits per heavy atom. The Hall–Kier alpha value is -3.15. The molecule has 1 fully saturated rings. The molecule has 4 heterocycles. The van der Waals surface area contributed by atoms with Gasteiger partial charge in [0.15, 0.2) is 5.65 Å². The molecule has 158 valence electrons. The maximum atomic E-state index is 12.5. The summed E-state index contributed by atoms with van der Waals surface area (Å²) in [6.45, 7) is 5.80. The van der Waals surface area contributed by atoms with Gasteiger partial charge < -0.3 is 4.90 Å². The Kier molecular flexibility index (Phi) is 5.45. The van der Waals surface area contributed by atoms with Crippen LogP contribution < -0.4 is 10.6 Å². The third kappa shape index (κ3) is 3.82. The van der Waals surface area contributed by atoms with Gasteiger partial charge in [0.05, 0.1) is 0 Å². The molecule has 0 aliphatic carbocycles. The van der Waals surface area contributed by atoms with Gasteiger partial charge >= 0.3 is 5.69 Å². The fraction of sp³-hybridized carbons (Fsp3) is 0.348. The van der Waals surface area contributed by atoms with E-state index in [9.17, 15) is 10.1 Å². The molecule has 0 amide bonds. The molecule has 31 heavy (non-hydrogen) atoms. The zero-order valence-electron chi connectivity index (χ0n) is 17.3. The van der Waals surface area contributed by atoms with Gasteiger partial charge in [-0.05, 0) is 55.1 Å². The number of pyridine rings is 1. The Bertz CT molecular complexity index is 1310. The van der Waals surface area contributed by atoms with Crippen LogP contribution in [0.15, 0.2) is 52.6 Å². The average molecular weight is 433 g/mol. The first-order chi connectivity index (χ1) is 15.2. The topological polar surface area (TPSA) is 69.6 Å². The molecule has 0 spiro atoms. The predicted octanol–water partition coefficient (Wildman–Crippen LogP) is 3.18. The second kappa shape index (κ2) is 8.53. The van der Waals surface area contributed by atoms with Crippen molar-refractivity contribution in [3.63, 3.8) is 0 Å². The van der Waals surface area contributed by atoms with Gasteiger partial charge in [-0.3, -0.25) is 4.90 Å². The summed E-state index contributed by atoms with van der Waals surface area (Å²) in [6, 6.07) is 16.0. The molecular formula is C23H24N6OS. The van der Waals surface area contributed by atoms with E-state index < -0.39 is 0 Å². The largest absolute Gasteiger partial charge is 0.368 e. The number of fused-ring (bicyclic) bond motifs is 2. The lowest BCUT2D eigenvalue weighted by atomic mass is 10.2. The number of nitriles is 1. The van der Waals surface area contributed by atoms with Gasteiger partial charge in [0.25, 0.3) is 0 Å². The maximum Gasteiger partial charge on any atom is 0.351 e. The van der Waals surface area contributed by atoms with Crippen LogP contribution in [0.2, 0.25) is 0 Å². The van der Waals surface area contributed by atoms with Gasteiger partial charge in [0, 0.05) is 48.5 Å². The Morgan fingerprint density at radius 2 is 1.81 bits per heavy atom. The number of aryl methyl sites for hydroxylation is 1. The van der Waals surface area contributed by atoms with Crippen LogP contribution in [-0.4, -0.2) is 51.8 Å². The van der Waals surface area contributed by atoms with Crippen LogP contribution in [0.25, 0.3) is 15.7 Å².